The van der Waals surface area contributed by atoms with E-state index in [1.165, 1.54) is 6.92 Å². The smallest absolute Gasteiger partial charge is 0.397 e. The normalized spacial score (nSPS) is 42.5. The number of carboxylic acids is 1. The van der Waals surface area contributed by atoms with Gasteiger partial charge in [-0.25, -0.2) is 8.98 Å². The fraction of sp³-hybridized carbons (Fsp3) is 0.930. The lowest BCUT2D eigenvalue weighted by atomic mass is 9.88. The first-order chi connectivity index (χ1) is 38.3. The zero-order chi connectivity index (χ0) is 61.6. The van der Waals surface area contributed by atoms with Crippen LogP contribution in [-0.4, -0.2) is 351 Å². The SMILES string of the molecule is CC(=O)N[C@H]1[C@H](O[C@H]2[C@@H](O)[C@@H](CO)O[C@@H](O[C@@H]([C@H](O)[C@@H](O)CO)[C@H](O)CO)[C@@H]2O)O[C@H](COS(=O)(=O)O)[C@@H](O[C@@H]2O[C@H](CO)[C@H](O)[C@H](O[C@]3(C(=O)O)C[C@H](O)[C@@H](NC(C)=O)[C@H]([C@H](O)[C@H](O)CO)O3)[C@H]2O)[C@@H]1O[C@@H]1O[C@@H](C)[C@@H](O)[C@@H](O)[C@@H]1O. The van der Waals surface area contributed by atoms with Crippen LogP contribution in [0.1, 0.15) is 27.2 Å². The summed E-state index contributed by atoms with van der Waals surface area (Å²) in [4.78, 5) is 38.6. The molecule has 5 heterocycles. The third-order valence-electron chi connectivity index (χ3n) is 14.0. The predicted octanol–water partition coefficient (Wildman–Crippen LogP) is -14.1. The van der Waals surface area contributed by atoms with Crippen molar-refractivity contribution in [1.82, 2.24) is 10.6 Å². The summed E-state index contributed by atoms with van der Waals surface area (Å²) in [5.74, 6) is -7.48. The zero-order valence-corrected chi connectivity index (χ0v) is 44.4. The number of carboxylic acid groups (broad SMARTS) is 1. The molecule has 0 spiro atoms. The maximum Gasteiger partial charge on any atom is 0.397 e. The van der Waals surface area contributed by atoms with Crippen molar-refractivity contribution in [2.45, 2.75) is 211 Å². The van der Waals surface area contributed by atoms with E-state index in [1.807, 2.05) is 0 Å². The number of aliphatic hydroxyl groups excluding tert-OH is 18. The summed E-state index contributed by atoms with van der Waals surface area (Å²) in [5.41, 5.74) is 0. The Kier molecular flexibility index (Phi) is 25.3. The molecule has 22 N–H and O–H groups in total. The molecule has 0 aromatic rings. The van der Waals surface area contributed by atoms with Crippen molar-refractivity contribution in [3.05, 3.63) is 0 Å². The lowest BCUT2D eigenvalue weighted by Gasteiger charge is -2.52. The summed E-state index contributed by atoms with van der Waals surface area (Å²) < 4.78 is 96.8. The average Bonchev–Trinajstić information content (AvgIpc) is 3.63. The summed E-state index contributed by atoms with van der Waals surface area (Å²) in [5, 5.41) is 208. The van der Waals surface area contributed by atoms with E-state index >= 15 is 0 Å². The van der Waals surface area contributed by atoms with Crippen molar-refractivity contribution < 1.29 is 176 Å². The number of carbonyl (C=O) groups excluding carboxylic acids is 2. The van der Waals surface area contributed by atoms with Crippen LogP contribution in [0.15, 0.2) is 0 Å². The minimum Gasteiger partial charge on any atom is -0.477 e. The summed E-state index contributed by atoms with van der Waals surface area (Å²) in [6.07, 6.45) is -61.0. The van der Waals surface area contributed by atoms with Gasteiger partial charge in [0.05, 0.1) is 57.9 Å². The van der Waals surface area contributed by atoms with Crippen LogP contribution < -0.4 is 10.6 Å². The Hall–Kier alpha value is -2.84. The molecule has 0 aromatic heterocycles. The molecule has 0 aliphatic carbocycles. The predicted molar refractivity (Wildman–Crippen MR) is 251 cm³/mol. The second-order valence-corrected chi connectivity index (χ2v) is 21.0. The topological polar surface area (TPSA) is 616 Å². The van der Waals surface area contributed by atoms with Crippen molar-refractivity contribution in [3.63, 3.8) is 0 Å². The fourth-order valence-electron chi connectivity index (χ4n) is 9.70. The van der Waals surface area contributed by atoms with Crippen LogP contribution in [-0.2, 0) is 76.3 Å². The Morgan fingerprint density at radius 1 is 0.598 bits per heavy atom. The maximum atomic E-state index is 13.2. The van der Waals surface area contributed by atoms with E-state index in [9.17, 15) is 124 Å². The van der Waals surface area contributed by atoms with Gasteiger partial charge in [-0.05, 0) is 6.92 Å². The molecule has 478 valence electrons. The van der Waals surface area contributed by atoms with E-state index in [0.717, 1.165) is 13.8 Å². The molecule has 5 saturated heterocycles. The fourth-order valence-corrected chi connectivity index (χ4v) is 10.0. The molecule has 2 amide bonds. The Morgan fingerprint density at radius 2 is 1.10 bits per heavy atom. The number of aliphatic carboxylic acids is 1. The first kappa shape index (κ1) is 69.9. The first-order valence-electron chi connectivity index (χ1n) is 25.2. The molecule has 30 atom stereocenters. The number of amides is 2. The van der Waals surface area contributed by atoms with E-state index in [4.69, 9.17) is 47.4 Å². The number of rotatable bonds is 26. The highest BCUT2D eigenvalue weighted by atomic mass is 32.3. The molecule has 38 nitrogen and oxygen atoms in total. The van der Waals surface area contributed by atoms with Crippen LogP contribution in [0.5, 0.6) is 0 Å². The van der Waals surface area contributed by atoms with Crippen LogP contribution >= 0.6 is 0 Å². The van der Waals surface area contributed by atoms with E-state index < -0.39 is 258 Å². The van der Waals surface area contributed by atoms with Gasteiger partial charge in [0.2, 0.25) is 11.8 Å². The number of ether oxygens (including phenoxy) is 10. The highest BCUT2D eigenvalue weighted by molar-refractivity contribution is 7.80. The molecule has 0 aromatic carbocycles. The zero-order valence-electron chi connectivity index (χ0n) is 43.6. The van der Waals surface area contributed by atoms with Gasteiger partial charge in [-0.1, -0.05) is 0 Å². The van der Waals surface area contributed by atoms with Crippen molar-refractivity contribution in [1.29, 1.82) is 0 Å². The highest BCUT2D eigenvalue weighted by Gasteiger charge is 2.62. The summed E-state index contributed by atoms with van der Waals surface area (Å²) in [6, 6.07) is -3.90. The number of nitrogens with one attached hydrogen (secondary N) is 2. The second-order valence-electron chi connectivity index (χ2n) is 19.9. The Balaban J connectivity index is 1.64. The molecule has 5 fully saturated rings. The largest absolute Gasteiger partial charge is 0.477 e. The van der Waals surface area contributed by atoms with E-state index in [1.54, 1.807) is 0 Å². The van der Waals surface area contributed by atoms with Crippen LogP contribution in [0.2, 0.25) is 0 Å². The third-order valence-corrected chi connectivity index (χ3v) is 14.4. The molecular formula is C43H74N2O36S. The summed E-state index contributed by atoms with van der Waals surface area (Å²) >= 11 is 0. The quantitative estimate of drug-likeness (QED) is 0.0358. The molecule has 5 aliphatic heterocycles. The van der Waals surface area contributed by atoms with Crippen molar-refractivity contribution >= 4 is 28.2 Å². The lowest BCUT2D eigenvalue weighted by Crippen LogP contribution is -2.72. The van der Waals surface area contributed by atoms with Gasteiger partial charge in [0.1, 0.15) is 134 Å². The molecule has 5 aliphatic rings. The van der Waals surface area contributed by atoms with Gasteiger partial charge < -0.3 is 155 Å². The average molecular weight is 1230 g/mol. The van der Waals surface area contributed by atoms with Gasteiger partial charge in [-0.3, -0.25) is 14.1 Å². The maximum absolute atomic E-state index is 13.2. The molecular weight excluding hydrogens is 1150 g/mol. The standard InChI is InChI=1S/C43H74N2O36S/c1-11-23(57)28(62)29(63)39(72-11)78-35-22(45-13(3)52)38(79-36-26(60)18(8-49)73-40(30(36)64)76-32(17(56)7-48)24(58)15(54)5-46)75-20(10-71-82(68,69)70)33(35)77-41-31(65)37(27(61)19(9-50)74-41)81-43(42(66)67)4-14(53)21(44-12(2)51)34(80-43)25(59)16(55)6-47/h11,14-41,46-50,53-65H,4-10H2,1-3H3,(H,44,51)(H,45,52)(H,66,67)(H,68,69,70)/t11-,14-,15-,16+,17+,18+,19+,20+,21+,22+,23+,24+,25+,26-,27-,28+,29-,30+,31+,32+,33+,34+,35+,36-,37-,38-,39-,40-,41-,43-/m0/s1. The van der Waals surface area contributed by atoms with Crippen LogP contribution in [0.4, 0.5) is 0 Å². The Labute approximate surface area is 464 Å². The summed E-state index contributed by atoms with van der Waals surface area (Å²) in [7, 11) is -5.58. The minimum atomic E-state index is -5.58. The first-order valence-corrected chi connectivity index (χ1v) is 26.5. The Bertz CT molecular complexity index is 2160. The molecule has 5 rings (SSSR count). The lowest BCUT2D eigenvalue weighted by molar-refractivity contribution is -0.397. The van der Waals surface area contributed by atoms with Gasteiger partial charge in [0, 0.05) is 20.3 Å². The second kappa shape index (κ2) is 29.7. The Morgan fingerprint density at radius 3 is 1.63 bits per heavy atom. The molecule has 0 saturated carbocycles. The molecule has 0 bridgehead atoms. The molecule has 0 radical (unpaired) electrons. The van der Waals surface area contributed by atoms with Crippen molar-refractivity contribution in [2.24, 2.45) is 0 Å². The van der Waals surface area contributed by atoms with Gasteiger partial charge in [-0.15, -0.1) is 0 Å². The van der Waals surface area contributed by atoms with Crippen LogP contribution in [0.3, 0.4) is 0 Å². The van der Waals surface area contributed by atoms with Gasteiger partial charge in [0.25, 0.3) is 5.79 Å². The van der Waals surface area contributed by atoms with Gasteiger partial charge in [-0.2, -0.15) is 8.42 Å². The van der Waals surface area contributed by atoms with Gasteiger partial charge in [0.15, 0.2) is 25.2 Å². The van der Waals surface area contributed by atoms with Crippen LogP contribution in [0.25, 0.3) is 0 Å². The number of aliphatic hydroxyl groups is 18. The molecule has 82 heavy (non-hydrogen) atoms. The molecule has 39 heteroatoms. The number of carbonyl (C=O) groups is 3. The number of hydrogen-bond donors (Lipinski definition) is 22. The van der Waals surface area contributed by atoms with E-state index in [0.29, 0.717) is 0 Å². The molecule has 0 unspecified atom stereocenters. The number of hydrogen-bond acceptors (Lipinski definition) is 34. The van der Waals surface area contributed by atoms with Crippen molar-refractivity contribution in [3.8, 4) is 0 Å². The van der Waals surface area contributed by atoms with E-state index in [2.05, 4.69) is 14.8 Å². The third kappa shape index (κ3) is 16.2. The van der Waals surface area contributed by atoms with Crippen molar-refractivity contribution in [2.75, 3.05) is 39.6 Å². The van der Waals surface area contributed by atoms with Gasteiger partial charge >= 0.3 is 16.4 Å². The summed E-state index contributed by atoms with van der Waals surface area (Å²) in [6.45, 7) is -4.51. The minimum absolute atomic E-state index is 0.854. The van der Waals surface area contributed by atoms with Crippen LogP contribution in [0, 0.1) is 0 Å². The van der Waals surface area contributed by atoms with E-state index in [-0.39, 0.29) is 0 Å². The monoisotopic (exact) mass is 1230 g/mol. The highest BCUT2D eigenvalue weighted by Crippen LogP contribution is 2.40.